The lowest BCUT2D eigenvalue weighted by atomic mass is 10.1. The van der Waals surface area contributed by atoms with Gasteiger partial charge in [0.1, 0.15) is 4.99 Å². The molecule has 0 saturated heterocycles. The predicted molar refractivity (Wildman–Crippen MR) is 129 cm³/mol. The quantitative estimate of drug-likeness (QED) is 0.306. The van der Waals surface area contributed by atoms with E-state index in [1.165, 1.54) is 0 Å². The van der Waals surface area contributed by atoms with E-state index >= 15 is 0 Å². The van der Waals surface area contributed by atoms with Crippen molar-refractivity contribution in [1.82, 2.24) is 4.98 Å². The van der Waals surface area contributed by atoms with Gasteiger partial charge in [0.2, 0.25) is 5.88 Å². The van der Waals surface area contributed by atoms with E-state index in [0.29, 0.717) is 17.5 Å². The molecule has 156 valence electrons. The molecular weight excluding hydrogens is 408 g/mol. The van der Waals surface area contributed by atoms with Crippen LogP contribution in [0.25, 0.3) is 0 Å². The molecule has 0 bridgehead atoms. The molecule has 0 fully saturated rings. The highest BCUT2D eigenvalue weighted by Crippen LogP contribution is 2.39. The summed E-state index contributed by atoms with van der Waals surface area (Å²) >= 11 is 5.01. The van der Waals surface area contributed by atoms with Gasteiger partial charge in [-0.05, 0) is 34.3 Å². The normalized spacial score (nSPS) is 11.8. The summed E-state index contributed by atoms with van der Waals surface area (Å²) in [6.07, 6.45) is 3.25. The molecule has 6 heteroatoms. The fraction of sp³-hybridized carbons (Fsp3) is 0.250. The van der Waals surface area contributed by atoms with Crippen molar-refractivity contribution in [3.05, 3.63) is 84.6 Å². The van der Waals surface area contributed by atoms with E-state index in [4.69, 9.17) is 22.7 Å². The first-order valence-electron chi connectivity index (χ1n) is 10.1. The standard InChI is InChI=1S/C24H28N2O2SSi/c1-24(2,15-9-17-28-22-18-19(23(25)29)14-16-26-22)30(27,20-10-5-3-6-11-20)21-12-7-4-8-13-21/h3-8,10-14,16,18,27H,9,15,17H2,1-2H3,(H2,25,29). The average molecular weight is 437 g/mol. The molecule has 0 aliphatic heterocycles. The third-order valence-electron chi connectivity index (χ3n) is 5.58. The Labute approximate surface area is 184 Å². The minimum Gasteiger partial charge on any atom is -0.478 e. The van der Waals surface area contributed by atoms with Crippen LogP contribution in [-0.4, -0.2) is 29.7 Å². The molecular formula is C24H28N2O2SSi. The summed E-state index contributed by atoms with van der Waals surface area (Å²) in [7, 11) is -2.99. The van der Waals surface area contributed by atoms with E-state index in [9.17, 15) is 4.80 Å². The SMILES string of the molecule is CC(C)(CCCOc1cc(C(N)=S)ccn1)[Si](O)(c1ccccc1)c1ccccc1. The Bertz CT molecular complexity index is 941. The van der Waals surface area contributed by atoms with Crippen molar-refractivity contribution in [3.8, 4) is 5.88 Å². The number of benzene rings is 2. The summed E-state index contributed by atoms with van der Waals surface area (Å²) in [5.41, 5.74) is 6.42. The summed E-state index contributed by atoms with van der Waals surface area (Å²) in [5.74, 6) is 0.511. The van der Waals surface area contributed by atoms with E-state index in [1.54, 1.807) is 18.3 Å². The zero-order valence-electron chi connectivity index (χ0n) is 17.4. The summed E-state index contributed by atoms with van der Waals surface area (Å²) < 4.78 is 5.82. The van der Waals surface area contributed by atoms with Crippen LogP contribution < -0.4 is 20.8 Å². The molecule has 0 unspecified atom stereocenters. The average Bonchev–Trinajstić information content (AvgIpc) is 2.77. The van der Waals surface area contributed by atoms with Crippen LogP contribution in [0.5, 0.6) is 5.88 Å². The zero-order chi connectivity index (χ0) is 21.6. The Morgan fingerprint density at radius 3 is 2.13 bits per heavy atom. The molecule has 0 atom stereocenters. The van der Waals surface area contributed by atoms with Crippen LogP contribution in [0.2, 0.25) is 5.04 Å². The van der Waals surface area contributed by atoms with E-state index in [1.807, 2.05) is 60.7 Å². The molecule has 3 aromatic rings. The summed E-state index contributed by atoms with van der Waals surface area (Å²) in [6, 6.07) is 23.7. The van der Waals surface area contributed by atoms with Crippen LogP contribution in [0.15, 0.2) is 79.0 Å². The molecule has 30 heavy (non-hydrogen) atoms. The third-order valence-corrected chi connectivity index (χ3v) is 10.4. The number of rotatable bonds is 9. The molecule has 4 nitrogen and oxygen atoms in total. The van der Waals surface area contributed by atoms with Crippen molar-refractivity contribution in [2.24, 2.45) is 5.73 Å². The molecule has 0 radical (unpaired) electrons. The second-order valence-electron chi connectivity index (χ2n) is 8.03. The highest BCUT2D eigenvalue weighted by atomic mass is 32.1. The zero-order valence-corrected chi connectivity index (χ0v) is 19.2. The van der Waals surface area contributed by atoms with E-state index < -0.39 is 8.32 Å². The van der Waals surface area contributed by atoms with Gasteiger partial charge in [-0.15, -0.1) is 0 Å². The van der Waals surface area contributed by atoms with Gasteiger partial charge in [-0.1, -0.05) is 86.7 Å². The van der Waals surface area contributed by atoms with Gasteiger partial charge in [-0.3, -0.25) is 0 Å². The lowest BCUT2D eigenvalue weighted by Crippen LogP contribution is -2.65. The summed E-state index contributed by atoms with van der Waals surface area (Å²) in [4.78, 5) is 16.7. The van der Waals surface area contributed by atoms with Crippen molar-refractivity contribution in [2.75, 3.05) is 6.61 Å². The molecule has 1 aromatic heterocycles. The van der Waals surface area contributed by atoms with Crippen molar-refractivity contribution < 1.29 is 9.53 Å². The molecule has 2 aromatic carbocycles. The molecule has 3 rings (SSSR count). The van der Waals surface area contributed by atoms with Gasteiger partial charge in [0.25, 0.3) is 8.32 Å². The van der Waals surface area contributed by atoms with Crippen molar-refractivity contribution in [1.29, 1.82) is 0 Å². The van der Waals surface area contributed by atoms with Gasteiger partial charge in [0.05, 0.1) is 6.61 Å². The lowest BCUT2D eigenvalue weighted by molar-refractivity contribution is 0.285. The van der Waals surface area contributed by atoms with Crippen molar-refractivity contribution in [3.63, 3.8) is 0 Å². The minimum absolute atomic E-state index is 0.298. The smallest absolute Gasteiger partial charge is 0.258 e. The number of ether oxygens (including phenoxy) is 1. The van der Waals surface area contributed by atoms with E-state index in [0.717, 1.165) is 28.8 Å². The largest absolute Gasteiger partial charge is 0.478 e. The molecule has 0 amide bonds. The number of pyridine rings is 1. The topological polar surface area (TPSA) is 68.4 Å². The maximum absolute atomic E-state index is 12.2. The number of nitrogens with zero attached hydrogens (tertiary/aromatic N) is 1. The van der Waals surface area contributed by atoms with E-state index in [-0.39, 0.29) is 5.04 Å². The predicted octanol–water partition coefficient (Wildman–Crippen LogP) is 3.41. The molecule has 1 heterocycles. The Kier molecular flexibility index (Phi) is 7.02. The monoisotopic (exact) mass is 436 g/mol. The van der Waals surface area contributed by atoms with Crippen LogP contribution in [0.3, 0.4) is 0 Å². The van der Waals surface area contributed by atoms with Gasteiger partial charge in [-0.25, -0.2) is 4.98 Å². The lowest BCUT2D eigenvalue weighted by Gasteiger charge is -2.41. The number of thiocarbonyl (C=S) groups is 1. The second-order valence-corrected chi connectivity index (χ2v) is 12.4. The number of nitrogens with two attached hydrogens (primary N) is 1. The Balaban J connectivity index is 1.74. The van der Waals surface area contributed by atoms with Gasteiger partial charge in [0, 0.05) is 17.8 Å². The van der Waals surface area contributed by atoms with Crippen LogP contribution >= 0.6 is 12.2 Å². The first-order valence-corrected chi connectivity index (χ1v) is 12.4. The molecule has 0 saturated carbocycles. The number of aromatic nitrogens is 1. The number of hydrogen-bond donors (Lipinski definition) is 2. The summed E-state index contributed by atoms with van der Waals surface area (Å²) in [5, 5.41) is 1.74. The van der Waals surface area contributed by atoms with Crippen molar-refractivity contribution >= 4 is 35.9 Å². The van der Waals surface area contributed by atoms with E-state index in [2.05, 4.69) is 18.8 Å². The Morgan fingerprint density at radius 2 is 1.60 bits per heavy atom. The molecule has 0 aliphatic rings. The highest BCUT2D eigenvalue weighted by Gasteiger charge is 2.49. The first kappa shape index (κ1) is 22.1. The first-order chi connectivity index (χ1) is 14.3. The maximum atomic E-state index is 12.2. The highest BCUT2D eigenvalue weighted by molar-refractivity contribution is 7.80. The van der Waals surface area contributed by atoms with Crippen LogP contribution in [-0.2, 0) is 0 Å². The minimum atomic E-state index is -2.99. The van der Waals surface area contributed by atoms with Gasteiger partial charge in [-0.2, -0.15) is 0 Å². The fourth-order valence-corrected chi connectivity index (χ4v) is 7.73. The van der Waals surface area contributed by atoms with Crippen molar-refractivity contribution in [2.45, 2.75) is 31.7 Å². The molecule has 0 aliphatic carbocycles. The summed E-state index contributed by atoms with van der Waals surface area (Å²) in [6.45, 7) is 4.82. The van der Waals surface area contributed by atoms with Crippen LogP contribution in [0, 0.1) is 0 Å². The Hall–Kier alpha value is -2.54. The number of hydrogen-bond acceptors (Lipinski definition) is 4. The van der Waals surface area contributed by atoms with Crippen LogP contribution in [0.4, 0.5) is 0 Å². The van der Waals surface area contributed by atoms with Crippen LogP contribution in [0.1, 0.15) is 32.3 Å². The third kappa shape index (κ3) is 4.78. The molecule has 3 N–H and O–H groups in total. The second kappa shape index (κ2) is 9.51. The molecule has 0 spiro atoms. The fourth-order valence-electron chi connectivity index (χ4n) is 3.82. The van der Waals surface area contributed by atoms with Gasteiger partial charge >= 0.3 is 0 Å². The van der Waals surface area contributed by atoms with Gasteiger partial charge < -0.3 is 15.3 Å². The Morgan fingerprint density at radius 1 is 1.03 bits per heavy atom. The van der Waals surface area contributed by atoms with Gasteiger partial charge in [0.15, 0.2) is 0 Å². The maximum Gasteiger partial charge on any atom is 0.258 e.